The van der Waals surface area contributed by atoms with Gasteiger partial charge in [0.25, 0.3) is 0 Å². The maximum Gasteiger partial charge on any atom is 0.226 e. The Bertz CT molecular complexity index is 337. The third-order valence-electron chi connectivity index (χ3n) is 4.93. The molecule has 2 rings (SSSR count). The highest BCUT2D eigenvalue weighted by Crippen LogP contribution is 2.38. The monoisotopic (exact) mass is 249 g/mol. The number of allylic oxidation sites excluding steroid dienone is 2. The zero-order chi connectivity index (χ0) is 13.2. The normalized spacial score (nSPS) is 25.2. The van der Waals surface area contributed by atoms with Crippen LogP contribution in [0.15, 0.2) is 11.6 Å². The van der Waals surface area contributed by atoms with Crippen molar-refractivity contribution in [3.63, 3.8) is 0 Å². The van der Waals surface area contributed by atoms with E-state index in [1.165, 1.54) is 19.3 Å². The third kappa shape index (κ3) is 2.78. The first-order chi connectivity index (χ1) is 8.54. The Hall–Kier alpha value is -0.790. The van der Waals surface area contributed by atoms with Crippen LogP contribution in [0, 0.1) is 11.3 Å². The Morgan fingerprint density at radius 3 is 2.56 bits per heavy atom. The van der Waals surface area contributed by atoms with Gasteiger partial charge in [0.05, 0.1) is 0 Å². The maximum absolute atomic E-state index is 12.3. The molecule has 0 aromatic heterocycles. The van der Waals surface area contributed by atoms with E-state index in [1.54, 1.807) is 5.57 Å². The van der Waals surface area contributed by atoms with Gasteiger partial charge in [0, 0.05) is 19.0 Å². The molecule has 0 bridgehead atoms. The number of carbonyl (C=O) groups is 1. The Balaban J connectivity index is 1.95. The molecule has 0 aromatic rings. The molecule has 2 heteroatoms. The number of hydrogen-bond donors (Lipinski definition) is 0. The van der Waals surface area contributed by atoms with E-state index in [0.29, 0.717) is 11.3 Å². The lowest BCUT2D eigenvalue weighted by molar-refractivity contribution is -0.134. The fourth-order valence-electron chi connectivity index (χ4n) is 3.10. The third-order valence-corrected chi connectivity index (χ3v) is 4.93. The minimum Gasteiger partial charge on any atom is -0.342 e. The van der Waals surface area contributed by atoms with Crippen molar-refractivity contribution in [3.05, 3.63) is 11.6 Å². The van der Waals surface area contributed by atoms with E-state index in [-0.39, 0.29) is 5.92 Å². The van der Waals surface area contributed by atoms with Crippen LogP contribution in [0.25, 0.3) is 0 Å². The lowest BCUT2D eigenvalue weighted by Crippen LogP contribution is -2.35. The van der Waals surface area contributed by atoms with E-state index in [0.717, 1.165) is 32.4 Å². The standard InChI is InChI=1S/C16H27NO/c1-4-16(2,3)14-9-7-13(8-10-14)15(18)17-11-5-6-12-17/h9,13H,4-8,10-12H2,1-3H3. The number of amides is 1. The second kappa shape index (κ2) is 5.46. The average Bonchev–Trinajstić information content (AvgIpc) is 2.92. The van der Waals surface area contributed by atoms with Gasteiger partial charge in [-0.15, -0.1) is 0 Å². The van der Waals surface area contributed by atoms with Gasteiger partial charge in [-0.2, -0.15) is 0 Å². The van der Waals surface area contributed by atoms with Crippen molar-refractivity contribution in [2.45, 2.75) is 59.3 Å². The van der Waals surface area contributed by atoms with Gasteiger partial charge in [-0.25, -0.2) is 0 Å². The van der Waals surface area contributed by atoms with Crippen LogP contribution in [0.1, 0.15) is 59.3 Å². The highest BCUT2D eigenvalue weighted by atomic mass is 16.2. The fraction of sp³-hybridized carbons (Fsp3) is 0.812. The second-order valence-electron chi connectivity index (χ2n) is 6.47. The minimum atomic E-state index is 0.263. The van der Waals surface area contributed by atoms with Crippen LogP contribution in [0.4, 0.5) is 0 Å². The van der Waals surface area contributed by atoms with Crippen molar-refractivity contribution in [2.24, 2.45) is 11.3 Å². The Labute approximate surface area is 111 Å². The van der Waals surface area contributed by atoms with Crippen molar-refractivity contribution in [1.82, 2.24) is 4.90 Å². The van der Waals surface area contributed by atoms with Crippen LogP contribution in [-0.4, -0.2) is 23.9 Å². The summed E-state index contributed by atoms with van der Waals surface area (Å²) in [5, 5.41) is 0. The molecule has 0 saturated carbocycles. The van der Waals surface area contributed by atoms with Crippen molar-refractivity contribution in [3.8, 4) is 0 Å². The van der Waals surface area contributed by atoms with Gasteiger partial charge < -0.3 is 4.90 Å². The van der Waals surface area contributed by atoms with Crippen LogP contribution >= 0.6 is 0 Å². The molecule has 2 nitrogen and oxygen atoms in total. The summed E-state index contributed by atoms with van der Waals surface area (Å²) >= 11 is 0. The summed E-state index contributed by atoms with van der Waals surface area (Å²) in [7, 11) is 0. The van der Waals surface area contributed by atoms with Crippen molar-refractivity contribution < 1.29 is 4.79 Å². The lowest BCUT2D eigenvalue weighted by atomic mass is 9.74. The van der Waals surface area contributed by atoms with Crippen LogP contribution in [0.5, 0.6) is 0 Å². The van der Waals surface area contributed by atoms with E-state index in [9.17, 15) is 4.79 Å². The summed E-state index contributed by atoms with van der Waals surface area (Å²) in [4.78, 5) is 14.4. The number of rotatable bonds is 3. The van der Waals surface area contributed by atoms with E-state index < -0.39 is 0 Å². The molecule has 1 fully saturated rings. The summed E-state index contributed by atoms with van der Waals surface area (Å²) in [6, 6.07) is 0. The Kier molecular flexibility index (Phi) is 4.14. The molecule has 2 aliphatic rings. The first-order valence-electron chi connectivity index (χ1n) is 7.53. The molecule has 0 N–H and O–H groups in total. The highest BCUT2D eigenvalue weighted by Gasteiger charge is 2.30. The van der Waals surface area contributed by atoms with Gasteiger partial charge in [0.2, 0.25) is 5.91 Å². The number of likely N-dealkylation sites (tertiary alicyclic amines) is 1. The van der Waals surface area contributed by atoms with E-state index in [1.807, 2.05) is 0 Å². The van der Waals surface area contributed by atoms with E-state index in [4.69, 9.17) is 0 Å². The summed E-state index contributed by atoms with van der Waals surface area (Å²) < 4.78 is 0. The van der Waals surface area contributed by atoms with Crippen LogP contribution in [0.3, 0.4) is 0 Å². The quantitative estimate of drug-likeness (QED) is 0.697. The van der Waals surface area contributed by atoms with Crippen molar-refractivity contribution >= 4 is 5.91 Å². The Morgan fingerprint density at radius 2 is 2.06 bits per heavy atom. The summed E-state index contributed by atoms with van der Waals surface area (Å²) in [5.74, 6) is 0.677. The van der Waals surface area contributed by atoms with Crippen molar-refractivity contribution in [1.29, 1.82) is 0 Å². The van der Waals surface area contributed by atoms with Crippen LogP contribution in [-0.2, 0) is 4.79 Å². The molecular weight excluding hydrogens is 222 g/mol. The maximum atomic E-state index is 12.3. The molecule has 1 heterocycles. The molecular formula is C16H27NO. The molecule has 1 unspecified atom stereocenters. The van der Waals surface area contributed by atoms with Gasteiger partial charge in [0.1, 0.15) is 0 Å². The molecule has 18 heavy (non-hydrogen) atoms. The van der Waals surface area contributed by atoms with Gasteiger partial charge in [0.15, 0.2) is 0 Å². The molecule has 1 saturated heterocycles. The van der Waals surface area contributed by atoms with Gasteiger partial charge in [-0.1, -0.05) is 32.4 Å². The molecule has 0 spiro atoms. The lowest BCUT2D eigenvalue weighted by Gasteiger charge is -2.32. The smallest absolute Gasteiger partial charge is 0.226 e. The summed E-state index contributed by atoms with van der Waals surface area (Å²) in [6.45, 7) is 8.88. The Morgan fingerprint density at radius 1 is 1.39 bits per heavy atom. The molecule has 1 aliphatic carbocycles. The highest BCUT2D eigenvalue weighted by molar-refractivity contribution is 5.79. The van der Waals surface area contributed by atoms with Crippen molar-refractivity contribution in [2.75, 3.05) is 13.1 Å². The summed E-state index contributed by atoms with van der Waals surface area (Å²) in [5.41, 5.74) is 1.89. The summed E-state index contributed by atoms with van der Waals surface area (Å²) in [6.07, 6.45) is 9.07. The van der Waals surface area contributed by atoms with E-state index in [2.05, 4.69) is 31.7 Å². The van der Waals surface area contributed by atoms with Gasteiger partial charge in [-0.3, -0.25) is 4.79 Å². The SMILES string of the molecule is CCC(C)(C)C1=CCC(C(=O)N2CCCC2)CC1. The van der Waals surface area contributed by atoms with Crippen LogP contribution in [0.2, 0.25) is 0 Å². The molecule has 1 aliphatic heterocycles. The fourth-order valence-corrected chi connectivity index (χ4v) is 3.10. The molecule has 102 valence electrons. The second-order valence-corrected chi connectivity index (χ2v) is 6.47. The number of nitrogens with zero attached hydrogens (tertiary/aromatic N) is 1. The first-order valence-corrected chi connectivity index (χ1v) is 7.53. The largest absolute Gasteiger partial charge is 0.342 e. The predicted octanol–water partition coefficient (Wildman–Crippen LogP) is 3.77. The van der Waals surface area contributed by atoms with E-state index >= 15 is 0 Å². The average molecular weight is 249 g/mol. The topological polar surface area (TPSA) is 20.3 Å². The predicted molar refractivity (Wildman–Crippen MR) is 75.3 cm³/mol. The zero-order valence-corrected chi connectivity index (χ0v) is 12.2. The molecule has 1 amide bonds. The molecule has 0 radical (unpaired) electrons. The molecule has 0 aromatic carbocycles. The molecule has 1 atom stereocenters. The van der Waals surface area contributed by atoms with Gasteiger partial charge >= 0.3 is 0 Å². The first kappa shape index (κ1) is 13.6. The van der Waals surface area contributed by atoms with Crippen LogP contribution < -0.4 is 0 Å². The zero-order valence-electron chi connectivity index (χ0n) is 12.2. The number of carbonyl (C=O) groups excluding carboxylic acids is 1. The number of hydrogen-bond acceptors (Lipinski definition) is 1. The minimum absolute atomic E-state index is 0.263. The van der Waals surface area contributed by atoms with Gasteiger partial charge in [-0.05, 0) is 43.9 Å².